The number of benzene rings is 3. The van der Waals surface area contributed by atoms with E-state index in [-0.39, 0.29) is 0 Å². The lowest BCUT2D eigenvalue weighted by Gasteiger charge is -2.21. The molecule has 3 aromatic carbocycles. The Morgan fingerprint density at radius 3 is 2.66 bits per heavy atom. The molecule has 7 heteroatoms. The Morgan fingerprint density at radius 2 is 1.81 bits per heavy atom. The van der Waals surface area contributed by atoms with E-state index in [4.69, 9.17) is 14.5 Å². The number of anilines is 1. The first-order valence-electron chi connectivity index (χ1n) is 10.7. The zero-order valence-electron chi connectivity index (χ0n) is 18.0. The molecule has 0 spiro atoms. The lowest BCUT2D eigenvalue weighted by atomic mass is 10.0. The molecule has 1 aliphatic heterocycles. The molecule has 0 unspecified atom stereocenters. The number of aromatic nitrogens is 3. The number of fused-ring (bicyclic) bond motifs is 4. The van der Waals surface area contributed by atoms with Crippen LogP contribution in [0.5, 0.6) is 11.6 Å². The highest BCUT2D eigenvalue weighted by Crippen LogP contribution is 2.41. The van der Waals surface area contributed by atoms with E-state index in [1.807, 2.05) is 48.5 Å². The van der Waals surface area contributed by atoms with Crippen LogP contribution in [-0.4, -0.2) is 28.0 Å². The van der Waals surface area contributed by atoms with Crippen molar-refractivity contribution >= 4 is 28.2 Å². The number of nitrogens with one attached hydrogen (secondary N) is 1. The second kappa shape index (κ2) is 9.04. The van der Waals surface area contributed by atoms with E-state index in [0.717, 1.165) is 51.9 Å². The molecule has 0 amide bonds. The minimum atomic E-state index is -0.446. The standard InChI is InChI=1S/C25H24N4O2S/c1-3-4-15-32-25-27-24-22(28-29-25)19-11-7-8-12-20(19)26-23(31-24)18-13-14-21(30-2)17-10-6-5-9-16(17)18/h5-14,23,26H,3-4,15H2,1-2H3/t23-/m0/s1. The zero-order chi connectivity index (χ0) is 21.9. The Hall–Kier alpha value is -3.32. The van der Waals surface area contributed by atoms with E-state index >= 15 is 0 Å². The van der Waals surface area contributed by atoms with Gasteiger partial charge in [0, 0.05) is 28.0 Å². The van der Waals surface area contributed by atoms with Gasteiger partial charge >= 0.3 is 0 Å². The SMILES string of the molecule is CCCCSc1nnc2c(n1)O[C@@H](c1ccc(OC)c3ccccc13)Nc1ccccc1-2. The molecule has 1 atom stereocenters. The second-order valence-corrected chi connectivity index (χ2v) is 8.60. The van der Waals surface area contributed by atoms with Gasteiger partial charge in [-0.3, -0.25) is 0 Å². The fraction of sp³-hybridized carbons (Fsp3) is 0.240. The summed E-state index contributed by atoms with van der Waals surface area (Å²) in [6.45, 7) is 2.17. The van der Waals surface area contributed by atoms with Crippen molar-refractivity contribution in [1.29, 1.82) is 0 Å². The highest BCUT2D eigenvalue weighted by atomic mass is 32.2. The summed E-state index contributed by atoms with van der Waals surface area (Å²) in [6.07, 6.45) is 1.79. The Morgan fingerprint density at radius 1 is 1.00 bits per heavy atom. The van der Waals surface area contributed by atoms with Gasteiger partial charge in [-0.15, -0.1) is 10.2 Å². The first kappa shape index (κ1) is 20.6. The number of nitrogens with zero attached hydrogens (tertiary/aromatic N) is 3. The van der Waals surface area contributed by atoms with E-state index in [0.29, 0.717) is 16.7 Å². The molecule has 32 heavy (non-hydrogen) atoms. The second-order valence-electron chi connectivity index (χ2n) is 7.54. The smallest absolute Gasteiger partial charge is 0.247 e. The maximum absolute atomic E-state index is 6.48. The minimum absolute atomic E-state index is 0.446. The van der Waals surface area contributed by atoms with Gasteiger partial charge in [-0.25, -0.2) is 0 Å². The Balaban J connectivity index is 1.61. The molecule has 1 N–H and O–H groups in total. The quantitative estimate of drug-likeness (QED) is 0.285. The molecule has 0 fully saturated rings. The summed E-state index contributed by atoms with van der Waals surface area (Å²) >= 11 is 1.61. The number of rotatable bonds is 6. The first-order chi connectivity index (χ1) is 15.8. The zero-order valence-corrected chi connectivity index (χ0v) is 18.9. The van der Waals surface area contributed by atoms with E-state index in [1.165, 1.54) is 0 Å². The topological polar surface area (TPSA) is 69.2 Å². The van der Waals surface area contributed by atoms with Crippen molar-refractivity contribution in [3.63, 3.8) is 0 Å². The molecule has 0 aliphatic carbocycles. The van der Waals surface area contributed by atoms with Crippen LogP contribution in [0.2, 0.25) is 0 Å². The van der Waals surface area contributed by atoms with Gasteiger partial charge in [0.2, 0.25) is 11.0 Å². The Labute approximate surface area is 191 Å². The Kier molecular flexibility index (Phi) is 5.81. The van der Waals surface area contributed by atoms with Crippen molar-refractivity contribution in [2.24, 2.45) is 0 Å². The van der Waals surface area contributed by atoms with Gasteiger partial charge in [-0.1, -0.05) is 67.6 Å². The molecule has 162 valence electrons. The molecule has 0 radical (unpaired) electrons. The lowest BCUT2D eigenvalue weighted by molar-refractivity contribution is 0.226. The van der Waals surface area contributed by atoms with Crippen molar-refractivity contribution in [1.82, 2.24) is 15.2 Å². The lowest BCUT2D eigenvalue weighted by Crippen LogP contribution is -2.17. The fourth-order valence-corrected chi connectivity index (χ4v) is 4.72. The highest BCUT2D eigenvalue weighted by Gasteiger charge is 2.27. The van der Waals surface area contributed by atoms with Crippen LogP contribution >= 0.6 is 11.8 Å². The molecular weight excluding hydrogens is 420 g/mol. The summed E-state index contributed by atoms with van der Waals surface area (Å²) in [5.74, 6) is 2.27. The highest BCUT2D eigenvalue weighted by molar-refractivity contribution is 7.99. The van der Waals surface area contributed by atoms with Crippen LogP contribution < -0.4 is 14.8 Å². The summed E-state index contributed by atoms with van der Waals surface area (Å²) in [5, 5.41) is 15.1. The summed E-state index contributed by atoms with van der Waals surface area (Å²) in [6, 6.07) is 20.2. The predicted octanol–water partition coefficient (Wildman–Crippen LogP) is 6.10. The molecule has 4 aromatic rings. The molecule has 0 bridgehead atoms. The number of thioether (sulfide) groups is 1. The molecule has 6 nitrogen and oxygen atoms in total. The predicted molar refractivity (Wildman–Crippen MR) is 128 cm³/mol. The largest absolute Gasteiger partial charge is 0.496 e. The molecule has 0 saturated heterocycles. The van der Waals surface area contributed by atoms with Crippen LogP contribution in [0, 0.1) is 0 Å². The van der Waals surface area contributed by atoms with Crippen LogP contribution in [0.4, 0.5) is 5.69 Å². The molecule has 5 rings (SSSR count). The number of unbranched alkanes of at least 4 members (excludes halogenated alkanes) is 1. The van der Waals surface area contributed by atoms with Crippen LogP contribution in [0.3, 0.4) is 0 Å². The number of hydrogen-bond acceptors (Lipinski definition) is 7. The normalized spacial score (nSPS) is 14.6. The van der Waals surface area contributed by atoms with Crippen molar-refractivity contribution in [3.05, 3.63) is 66.2 Å². The van der Waals surface area contributed by atoms with E-state index in [9.17, 15) is 0 Å². The fourth-order valence-electron chi connectivity index (χ4n) is 3.86. The summed E-state index contributed by atoms with van der Waals surface area (Å²) in [7, 11) is 1.69. The summed E-state index contributed by atoms with van der Waals surface area (Å²) < 4.78 is 12.1. The van der Waals surface area contributed by atoms with Gasteiger partial charge in [0.25, 0.3) is 0 Å². The molecule has 0 saturated carbocycles. The van der Waals surface area contributed by atoms with E-state index in [1.54, 1.807) is 18.9 Å². The third-order valence-corrected chi connectivity index (χ3v) is 6.41. The van der Waals surface area contributed by atoms with Crippen molar-refractivity contribution in [2.75, 3.05) is 18.2 Å². The van der Waals surface area contributed by atoms with E-state index in [2.05, 4.69) is 34.6 Å². The van der Waals surface area contributed by atoms with E-state index < -0.39 is 6.23 Å². The molecular formula is C25H24N4O2S. The van der Waals surface area contributed by atoms with Crippen LogP contribution in [0.1, 0.15) is 31.6 Å². The van der Waals surface area contributed by atoms with Gasteiger partial charge in [-0.05, 0) is 30.0 Å². The van der Waals surface area contributed by atoms with Gasteiger partial charge in [0.15, 0.2) is 11.9 Å². The van der Waals surface area contributed by atoms with Gasteiger partial charge in [0.1, 0.15) is 5.75 Å². The average molecular weight is 445 g/mol. The molecule has 2 heterocycles. The third kappa shape index (κ3) is 3.84. The number of ether oxygens (including phenoxy) is 2. The van der Waals surface area contributed by atoms with Crippen molar-refractivity contribution in [3.8, 4) is 22.9 Å². The van der Waals surface area contributed by atoms with Crippen LogP contribution in [-0.2, 0) is 0 Å². The number of hydrogen-bond donors (Lipinski definition) is 1. The third-order valence-electron chi connectivity index (χ3n) is 5.48. The van der Waals surface area contributed by atoms with Gasteiger partial charge < -0.3 is 14.8 Å². The van der Waals surface area contributed by atoms with Gasteiger partial charge in [-0.2, -0.15) is 4.98 Å². The molecule has 1 aliphatic rings. The maximum Gasteiger partial charge on any atom is 0.247 e. The van der Waals surface area contributed by atoms with Crippen molar-refractivity contribution < 1.29 is 9.47 Å². The Bertz CT molecular complexity index is 1260. The van der Waals surface area contributed by atoms with Crippen LogP contribution in [0.25, 0.3) is 22.0 Å². The van der Waals surface area contributed by atoms with Crippen molar-refractivity contribution in [2.45, 2.75) is 31.1 Å². The first-order valence-corrected chi connectivity index (χ1v) is 11.7. The monoisotopic (exact) mass is 444 g/mol. The van der Waals surface area contributed by atoms with Gasteiger partial charge in [0.05, 0.1) is 7.11 Å². The maximum atomic E-state index is 6.48. The minimum Gasteiger partial charge on any atom is -0.496 e. The molecule has 1 aromatic heterocycles. The average Bonchev–Trinajstić information content (AvgIpc) is 3.00. The summed E-state index contributed by atoms with van der Waals surface area (Å²) in [4.78, 5) is 4.74. The number of methoxy groups -OCH3 is 1. The van der Waals surface area contributed by atoms with Crippen LogP contribution in [0.15, 0.2) is 65.8 Å². The number of para-hydroxylation sites is 1. The summed E-state index contributed by atoms with van der Waals surface area (Å²) in [5.41, 5.74) is 3.50.